The van der Waals surface area contributed by atoms with Crippen molar-refractivity contribution in [1.29, 1.82) is 0 Å². The van der Waals surface area contributed by atoms with Crippen LogP contribution in [0, 0.1) is 0 Å². The first-order chi connectivity index (χ1) is 8.28. The molecule has 0 aliphatic rings. The second-order valence-corrected chi connectivity index (χ2v) is 6.29. The molecule has 0 fully saturated rings. The molecule has 0 saturated carbocycles. The topological polar surface area (TPSA) is 83.5 Å². The van der Waals surface area contributed by atoms with Gasteiger partial charge in [-0.1, -0.05) is 23.2 Å². The molecule has 8 heteroatoms. The van der Waals surface area contributed by atoms with Crippen LogP contribution in [0.15, 0.2) is 18.2 Å². The number of aliphatic carboxylic acids is 1. The average molecular weight is 312 g/mol. The van der Waals surface area contributed by atoms with Crippen molar-refractivity contribution in [3.05, 3.63) is 28.2 Å². The molecular formula is C10H11Cl2NO4S. The lowest BCUT2D eigenvalue weighted by Crippen LogP contribution is -2.17. The minimum absolute atomic E-state index is 0.0406. The molecule has 0 bridgehead atoms. The van der Waals surface area contributed by atoms with Crippen molar-refractivity contribution >= 4 is 44.9 Å². The van der Waals surface area contributed by atoms with Crippen LogP contribution in [0.5, 0.6) is 0 Å². The van der Waals surface area contributed by atoms with Crippen LogP contribution in [0.25, 0.3) is 0 Å². The van der Waals surface area contributed by atoms with Gasteiger partial charge in [0, 0.05) is 16.5 Å². The molecule has 1 aromatic carbocycles. The highest BCUT2D eigenvalue weighted by molar-refractivity contribution is 7.92. The number of carboxylic acids is 1. The molecule has 0 aliphatic carbocycles. The number of anilines is 1. The van der Waals surface area contributed by atoms with E-state index in [-0.39, 0.29) is 24.3 Å². The van der Waals surface area contributed by atoms with Gasteiger partial charge in [0.05, 0.1) is 11.4 Å². The Morgan fingerprint density at radius 1 is 1.22 bits per heavy atom. The number of hydrogen-bond donors (Lipinski definition) is 2. The first-order valence-electron chi connectivity index (χ1n) is 4.97. The van der Waals surface area contributed by atoms with Gasteiger partial charge in [-0.25, -0.2) is 8.42 Å². The molecule has 0 atom stereocenters. The maximum Gasteiger partial charge on any atom is 0.303 e. The normalized spacial score (nSPS) is 11.2. The van der Waals surface area contributed by atoms with Crippen LogP contribution < -0.4 is 4.72 Å². The Bertz CT molecular complexity index is 525. The Labute approximate surface area is 115 Å². The lowest BCUT2D eigenvalue weighted by atomic mass is 10.3. The van der Waals surface area contributed by atoms with Crippen molar-refractivity contribution < 1.29 is 18.3 Å². The summed E-state index contributed by atoms with van der Waals surface area (Å²) in [4.78, 5) is 10.3. The summed E-state index contributed by atoms with van der Waals surface area (Å²) in [5, 5.41) is 9.04. The predicted molar refractivity (Wildman–Crippen MR) is 70.7 cm³/mol. The van der Waals surface area contributed by atoms with Crippen LogP contribution in [0.1, 0.15) is 12.8 Å². The van der Waals surface area contributed by atoms with E-state index in [9.17, 15) is 13.2 Å². The maximum atomic E-state index is 11.6. The largest absolute Gasteiger partial charge is 0.481 e. The molecular weight excluding hydrogens is 301 g/mol. The molecule has 2 N–H and O–H groups in total. The molecule has 0 spiro atoms. The van der Waals surface area contributed by atoms with Crippen LogP contribution in [-0.4, -0.2) is 25.2 Å². The smallest absolute Gasteiger partial charge is 0.303 e. The van der Waals surface area contributed by atoms with Gasteiger partial charge in [0.25, 0.3) is 0 Å². The second-order valence-electron chi connectivity index (χ2n) is 3.58. The Balaban J connectivity index is 2.67. The molecule has 18 heavy (non-hydrogen) atoms. The summed E-state index contributed by atoms with van der Waals surface area (Å²) in [6, 6.07) is 4.32. The lowest BCUT2D eigenvalue weighted by molar-refractivity contribution is -0.137. The highest BCUT2D eigenvalue weighted by Gasteiger charge is 2.12. The van der Waals surface area contributed by atoms with Crippen molar-refractivity contribution in [2.75, 3.05) is 10.5 Å². The van der Waals surface area contributed by atoms with E-state index in [2.05, 4.69) is 4.72 Å². The van der Waals surface area contributed by atoms with Crippen LogP contribution in [-0.2, 0) is 14.8 Å². The molecule has 0 amide bonds. The molecule has 1 aromatic rings. The molecule has 0 saturated heterocycles. The fourth-order valence-electron chi connectivity index (χ4n) is 1.26. The Morgan fingerprint density at radius 2 is 1.78 bits per heavy atom. The third-order valence-electron chi connectivity index (χ3n) is 1.94. The summed E-state index contributed by atoms with van der Waals surface area (Å²) >= 11 is 11.5. The molecule has 5 nitrogen and oxygen atoms in total. The number of rotatable bonds is 6. The molecule has 0 unspecified atom stereocenters. The SMILES string of the molecule is O=C(O)CCCS(=O)(=O)Nc1cc(Cl)cc(Cl)c1. The zero-order valence-electron chi connectivity index (χ0n) is 9.19. The summed E-state index contributed by atoms with van der Waals surface area (Å²) in [7, 11) is -3.59. The monoisotopic (exact) mass is 311 g/mol. The van der Waals surface area contributed by atoms with Gasteiger partial charge in [0.15, 0.2) is 0 Å². The fraction of sp³-hybridized carbons (Fsp3) is 0.300. The van der Waals surface area contributed by atoms with Crippen molar-refractivity contribution in [2.24, 2.45) is 0 Å². The van der Waals surface area contributed by atoms with Crippen LogP contribution in [0.2, 0.25) is 10.0 Å². The standard InChI is InChI=1S/C10H11Cl2NO4S/c11-7-4-8(12)6-9(5-7)13-18(16,17)3-1-2-10(14)15/h4-6,13H,1-3H2,(H,14,15). The fourth-order valence-corrected chi connectivity index (χ4v) is 2.89. The number of halogens is 2. The summed E-state index contributed by atoms with van der Waals surface area (Å²) in [5.74, 6) is -1.31. The highest BCUT2D eigenvalue weighted by Crippen LogP contribution is 2.23. The Kier molecular flexibility index (Phi) is 5.25. The summed E-state index contributed by atoms with van der Waals surface area (Å²) in [6.07, 6.45) is -0.157. The zero-order chi connectivity index (χ0) is 13.8. The maximum absolute atomic E-state index is 11.6. The minimum atomic E-state index is -3.59. The van der Waals surface area contributed by atoms with E-state index in [1.807, 2.05) is 0 Å². The van der Waals surface area contributed by atoms with Crippen LogP contribution in [0.4, 0.5) is 5.69 Å². The van der Waals surface area contributed by atoms with Crippen LogP contribution in [0.3, 0.4) is 0 Å². The van der Waals surface area contributed by atoms with Gasteiger partial charge >= 0.3 is 5.97 Å². The Hall–Kier alpha value is -0.980. The second kappa shape index (κ2) is 6.26. The summed E-state index contributed by atoms with van der Waals surface area (Å²) in [5.41, 5.74) is 0.253. The van der Waals surface area contributed by atoms with Gasteiger partial charge in [-0.2, -0.15) is 0 Å². The zero-order valence-corrected chi connectivity index (χ0v) is 11.5. The van der Waals surface area contributed by atoms with E-state index in [4.69, 9.17) is 28.3 Å². The van der Waals surface area contributed by atoms with E-state index in [0.29, 0.717) is 10.0 Å². The quantitative estimate of drug-likeness (QED) is 0.845. The highest BCUT2D eigenvalue weighted by atomic mass is 35.5. The van der Waals surface area contributed by atoms with Gasteiger partial charge in [-0.3, -0.25) is 9.52 Å². The number of nitrogens with one attached hydrogen (secondary N) is 1. The molecule has 100 valence electrons. The number of hydrogen-bond acceptors (Lipinski definition) is 3. The van der Waals surface area contributed by atoms with E-state index in [0.717, 1.165) is 0 Å². The number of carbonyl (C=O) groups is 1. The van der Waals surface area contributed by atoms with Gasteiger partial charge in [0.1, 0.15) is 0 Å². The Morgan fingerprint density at radius 3 is 2.28 bits per heavy atom. The lowest BCUT2D eigenvalue weighted by Gasteiger charge is -2.08. The van der Waals surface area contributed by atoms with Crippen molar-refractivity contribution in [1.82, 2.24) is 0 Å². The molecule has 0 heterocycles. The molecule has 0 aromatic heterocycles. The van der Waals surface area contributed by atoms with E-state index in [1.165, 1.54) is 18.2 Å². The van der Waals surface area contributed by atoms with Gasteiger partial charge in [-0.15, -0.1) is 0 Å². The molecule has 1 rings (SSSR count). The first kappa shape index (κ1) is 15.1. The van der Waals surface area contributed by atoms with Crippen molar-refractivity contribution in [3.8, 4) is 0 Å². The predicted octanol–water partition coefficient (Wildman–Crippen LogP) is 2.60. The number of sulfonamides is 1. The number of benzene rings is 1. The van der Waals surface area contributed by atoms with E-state index in [1.54, 1.807) is 0 Å². The van der Waals surface area contributed by atoms with Crippen molar-refractivity contribution in [3.63, 3.8) is 0 Å². The third kappa shape index (κ3) is 5.57. The molecule has 0 radical (unpaired) electrons. The first-order valence-corrected chi connectivity index (χ1v) is 7.38. The number of carboxylic acid groups (broad SMARTS) is 1. The van der Waals surface area contributed by atoms with Gasteiger partial charge < -0.3 is 5.11 Å². The summed E-state index contributed by atoms with van der Waals surface area (Å²) in [6.45, 7) is 0. The minimum Gasteiger partial charge on any atom is -0.481 e. The van der Waals surface area contributed by atoms with E-state index >= 15 is 0 Å². The van der Waals surface area contributed by atoms with E-state index < -0.39 is 16.0 Å². The van der Waals surface area contributed by atoms with Crippen LogP contribution >= 0.6 is 23.2 Å². The average Bonchev–Trinajstić information content (AvgIpc) is 2.12. The van der Waals surface area contributed by atoms with Gasteiger partial charge in [0.2, 0.25) is 10.0 Å². The van der Waals surface area contributed by atoms with Crippen molar-refractivity contribution in [2.45, 2.75) is 12.8 Å². The molecule has 0 aliphatic heterocycles. The summed E-state index contributed by atoms with van der Waals surface area (Å²) < 4.78 is 25.5. The van der Waals surface area contributed by atoms with Gasteiger partial charge in [-0.05, 0) is 24.6 Å². The third-order valence-corrected chi connectivity index (χ3v) is 3.75.